The van der Waals surface area contributed by atoms with Gasteiger partial charge in [0, 0.05) is 18.7 Å². The van der Waals surface area contributed by atoms with E-state index in [0.29, 0.717) is 17.7 Å². The molecule has 7 heteroatoms. The van der Waals surface area contributed by atoms with Crippen LogP contribution in [0.1, 0.15) is 24.0 Å². The predicted octanol–water partition coefficient (Wildman–Crippen LogP) is 1.00. The summed E-state index contributed by atoms with van der Waals surface area (Å²) < 4.78 is 27.3. The smallest absolute Gasteiger partial charge is 0.240 e. The monoisotopic (exact) mass is 327 g/mol. The third-order valence-corrected chi connectivity index (χ3v) is 5.52. The fourth-order valence-electron chi connectivity index (χ4n) is 2.53. The van der Waals surface area contributed by atoms with E-state index in [1.165, 1.54) is 12.8 Å². The van der Waals surface area contributed by atoms with Crippen molar-refractivity contribution in [3.63, 3.8) is 0 Å². The van der Waals surface area contributed by atoms with Crippen LogP contribution in [0.5, 0.6) is 0 Å². The normalized spacial score (nSPS) is 16.2. The number of aryl methyl sites for hydroxylation is 1. The highest BCUT2D eigenvalue weighted by Crippen LogP contribution is 2.16. The van der Waals surface area contributed by atoms with Gasteiger partial charge in [-0.15, -0.1) is 0 Å². The van der Waals surface area contributed by atoms with Gasteiger partial charge in [0.25, 0.3) is 0 Å². The van der Waals surface area contributed by atoms with Gasteiger partial charge in [0.15, 0.2) is 0 Å². The molecule has 1 aromatic carbocycles. The zero-order valence-corrected chi connectivity index (χ0v) is 13.8. The molecular formula is C14H21N3O2S2. The van der Waals surface area contributed by atoms with Crippen molar-refractivity contribution in [1.29, 1.82) is 0 Å². The summed E-state index contributed by atoms with van der Waals surface area (Å²) in [5, 5.41) is 0. The predicted molar refractivity (Wildman–Crippen MR) is 87.9 cm³/mol. The summed E-state index contributed by atoms with van der Waals surface area (Å²) in [5.74, 6) is 0. The number of benzene rings is 1. The highest BCUT2D eigenvalue weighted by Gasteiger charge is 2.18. The van der Waals surface area contributed by atoms with Gasteiger partial charge in [0.05, 0.1) is 4.90 Å². The molecule has 2 rings (SSSR count). The molecule has 5 nitrogen and oxygen atoms in total. The lowest BCUT2D eigenvalue weighted by Crippen LogP contribution is -2.33. The lowest BCUT2D eigenvalue weighted by atomic mass is 10.1. The number of thiocarbonyl (C=S) groups is 1. The highest BCUT2D eigenvalue weighted by molar-refractivity contribution is 7.89. The molecule has 116 valence electrons. The summed E-state index contributed by atoms with van der Waals surface area (Å²) in [5.41, 5.74) is 6.88. The van der Waals surface area contributed by atoms with E-state index in [2.05, 4.69) is 9.62 Å². The molecule has 1 aromatic rings. The number of nitrogens with zero attached hydrogens (tertiary/aromatic N) is 1. The van der Waals surface area contributed by atoms with Crippen molar-refractivity contribution in [1.82, 2.24) is 9.62 Å². The number of rotatable bonds is 6. The molecule has 1 aliphatic heterocycles. The summed E-state index contributed by atoms with van der Waals surface area (Å²) in [6.07, 6.45) is 2.40. The number of hydrogen-bond acceptors (Lipinski definition) is 4. The van der Waals surface area contributed by atoms with Crippen molar-refractivity contribution in [3.05, 3.63) is 29.3 Å². The second-order valence-electron chi connectivity index (χ2n) is 5.29. The van der Waals surface area contributed by atoms with E-state index in [1.807, 2.05) is 0 Å². The van der Waals surface area contributed by atoms with Crippen molar-refractivity contribution in [3.8, 4) is 0 Å². The molecule has 0 radical (unpaired) electrons. The van der Waals surface area contributed by atoms with Gasteiger partial charge in [-0.25, -0.2) is 13.1 Å². The van der Waals surface area contributed by atoms with Gasteiger partial charge in [-0.3, -0.25) is 0 Å². The van der Waals surface area contributed by atoms with Crippen molar-refractivity contribution >= 4 is 27.2 Å². The molecule has 0 bridgehead atoms. The lowest BCUT2D eigenvalue weighted by molar-refractivity contribution is 0.344. The van der Waals surface area contributed by atoms with E-state index in [0.717, 1.165) is 19.6 Å². The second kappa shape index (κ2) is 6.83. The van der Waals surface area contributed by atoms with Gasteiger partial charge in [-0.05, 0) is 50.6 Å². The molecule has 3 N–H and O–H groups in total. The Labute approximate surface area is 131 Å². The third kappa shape index (κ3) is 4.23. The van der Waals surface area contributed by atoms with E-state index in [1.54, 1.807) is 25.1 Å². The number of nitrogens with two attached hydrogens (primary N) is 1. The minimum Gasteiger partial charge on any atom is -0.389 e. The van der Waals surface area contributed by atoms with Crippen LogP contribution in [0.4, 0.5) is 0 Å². The molecule has 0 unspecified atom stereocenters. The van der Waals surface area contributed by atoms with E-state index in [4.69, 9.17) is 18.0 Å². The van der Waals surface area contributed by atoms with Crippen LogP contribution in [-0.2, 0) is 10.0 Å². The van der Waals surface area contributed by atoms with Gasteiger partial charge < -0.3 is 10.6 Å². The van der Waals surface area contributed by atoms with Gasteiger partial charge >= 0.3 is 0 Å². The maximum atomic E-state index is 12.3. The first-order valence-corrected chi connectivity index (χ1v) is 8.92. The number of nitrogens with one attached hydrogen (secondary N) is 1. The second-order valence-corrected chi connectivity index (χ2v) is 7.47. The Morgan fingerprint density at radius 3 is 2.62 bits per heavy atom. The molecule has 0 aliphatic carbocycles. The maximum absolute atomic E-state index is 12.3. The lowest BCUT2D eigenvalue weighted by Gasteiger charge is -2.15. The molecule has 0 saturated carbocycles. The van der Waals surface area contributed by atoms with E-state index in [9.17, 15) is 8.42 Å². The van der Waals surface area contributed by atoms with E-state index >= 15 is 0 Å². The Hall–Kier alpha value is -1.02. The summed E-state index contributed by atoms with van der Waals surface area (Å²) in [7, 11) is -3.49. The van der Waals surface area contributed by atoms with Gasteiger partial charge in [-0.1, -0.05) is 18.3 Å². The van der Waals surface area contributed by atoms with Crippen LogP contribution in [0.25, 0.3) is 0 Å². The molecule has 1 heterocycles. The summed E-state index contributed by atoms with van der Waals surface area (Å²) in [4.78, 5) is 2.82. The summed E-state index contributed by atoms with van der Waals surface area (Å²) in [6.45, 7) is 5.05. The minimum absolute atomic E-state index is 0.268. The Bertz CT molecular complexity index is 623. The first-order chi connectivity index (χ1) is 9.90. The van der Waals surface area contributed by atoms with Crippen LogP contribution >= 0.6 is 12.2 Å². The van der Waals surface area contributed by atoms with Crippen molar-refractivity contribution in [2.45, 2.75) is 24.7 Å². The SMILES string of the molecule is Cc1cc(C(N)=S)ccc1S(=O)(=O)NCCN1CCCC1. The fourth-order valence-corrected chi connectivity index (χ4v) is 3.90. The van der Waals surface area contributed by atoms with Gasteiger partial charge in [0.2, 0.25) is 10.0 Å². The van der Waals surface area contributed by atoms with E-state index in [-0.39, 0.29) is 9.88 Å². The molecule has 1 aliphatic rings. The van der Waals surface area contributed by atoms with Crippen molar-refractivity contribution in [2.75, 3.05) is 26.2 Å². The average molecular weight is 327 g/mol. The molecular weight excluding hydrogens is 306 g/mol. The third-order valence-electron chi connectivity index (χ3n) is 3.67. The number of likely N-dealkylation sites (tertiary alicyclic amines) is 1. The molecule has 1 fully saturated rings. The number of hydrogen-bond donors (Lipinski definition) is 2. The Morgan fingerprint density at radius 2 is 2.05 bits per heavy atom. The molecule has 0 amide bonds. The molecule has 0 aromatic heterocycles. The fraction of sp³-hybridized carbons (Fsp3) is 0.500. The Morgan fingerprint density at radius 1 is 1.38 bits per heavy atom. The zero-order valence-electron chi connectivity index (χ0n) is 12.1. The zero-order chi connectivity index (χ0) is 15.5. The standard InChI is InChI=1S/C14H21N3O2S2/c1-11-10-12(14(15)20)4-5-13(11)21(18,19)16-6-9-17-7-2-3-8-17/h4-5,10,16H,2-3,6-9H2,1H3,(H2,15,20). The molecule has 1 saturated heterocycles. The highest BCUT2D eigenvalue weighted by atomic mass is 32.2. The molecule has 0 atom stereocenters. The van der Waals surface area contributed by atoms with Crippen molar-refractivity contribution in [2.24, 2.45) is 5.73 Å². The molecule has 0 spiro atoms. The van der Waals surface area contributed by atoms with Crippen LogP contribution in [0.2, 0.25) is 0 Å². The summed E-state index contributed by atoms with van der Waals surface area (Å²) in [6, 6.07) is 4.91. The van der Waals surface area contributed by atoms with Crippen molar-refractivity contribution < 1.29 is 8.42 Å². The Kier molecular flexibility index (Phi) is 5.32. The van der Waals surface area contributed by atoms with Crippen LogP contribution in [0.3, 0.4) is 0 Å². The topological polar surface area (TPSA) is 75.4 Å². The first-order valence-electron chi connectivity index (χ1n) is 7.02. The van der Waals surface area contributed by atoms with Crippen LogP contribution in [0, 0.1) is 6.92 Å². The quantitative estimate of drug-likeness (QED) is 0.763. The van der Waals surface area contributed by atoms with Crippen LogP contribution in [-0.4, -0.2) is 44.5 Å². The Balaban J connectivity index is 2.03. The minimum atomic E-state index is -3.49. The number of sulfonamides is 1. The van der Waals surface area contributed by atoms with E-state index < -0.39 is 10.0 Å². The maximum Gasteiger partial charge on any atom is 0.240 e. The average Bonchev–Trinajstić information content (AvgIpc) is 2.91. The van der Waals surface area contributed by atoms with Crippen LogP contribution in [0.15, 0.2) is 23.1 Å². The van der Waals surface area contributed by atoms with Crippen LogP contribution < -0.4 is 10.5 Å². The van der Waals surface area contributed by atoms with Gasteiger partial charge in [0.1, 0.15) is 4.99 Å². The first kappa shape index (κ1) is 16.4. The largest absolute Gasteiger partial charge is 0.389 e. The molecule has 21 heavy (non-hydrogen) atoms. The van der Waals surface area contributed by atoms with Gasteiger partial charge in [-0.2, -0.15) is 0 Å². The summed E-state index contributed by atoms with van der Waals surface area (Å²) >= 11 is 4.90.